The van der Waals surface area contributed by atoms with E-state index >= 15 is 0 Å². The average molecular weight is 442 g/mol. The van der Waals surface area contributed by atoms with Gasteiger partial charge in [0, 0.05) is 13.2 Å². The van der Waals surface area contributed by atoms with Gasteiger partial charge in [-0.05, 0) is 46.5 Å². The summed E-state index contributed by atoms with van der Waals surface area (Å²) in [5.74, 6) is -0.606. The summed E-state index contributed by atoms with van der Waals surface area (Å²) in [7, 11) is 0. The Morgan fingerprint density at radius 1 is 1.16 bits per heavy atom. The van der Waals surface area contributed by atoms with Crippen molar-refractivity contribution in [3.05, 3.63) is 0 Å². The topological polar surface area (TPSA) is 117 Å². The standard InChI is InChI=1S/C22H39N3O6/c1-22(2,3)31-21(29)24-17-15-30-13-8-6-4-5-7-10-16(14-26)23-19(27)18-11-9-12-25(18)20(17)28/h16-18,26H,4-15H2,1-3H3,(H,23,27)(H,24,29)/t16-,17-,18-/m0/s1. The van der Waals surface area contributed by atoms with Crippen molar-refractivity contribution in [1.82, 2.24) is 15.5 Å². The summed E-state index contributed by atoms with van der Waals surface area (Å²) in [6, 6.07) is -1.85. The molecule has 3 atom stereocenters. The number of hydrogen-bond acceptors (Lipinski definition) is 6. The van der Waals surface area contributed by atoms with Crippen molar-refractivity contribution in [1.29, 1.82) is 0 Å². The van der Waals surface area contributed by atoms with Crippen LogP contribution in [0.5, 0.6) is 0 Å². The molecule has 2 heterocycles. The van der Waals surface area contributed by atoms with Gasteiger partial charge >= 0.3 is 6.09 Å². The summed E-state index contributed by atoms with van der Waals surface area (Å²) < 4.78 is 11.0. The first-order chi connectivity index (χ1) is 14.7. The molecule has 2 rings (SSSR count). The van der Waals surface area contributed by atoms with E-state index in [0.29, 0.717) is 32.4 Å². The molecule has 2 aliphatic rings. The lowest BCUT2D eigenvalue weighted by molar-refractivity contribution is -0.141. The summed E-state index contributed by atoms with van der Waals surface area (Å²) in [4.78, 5) is 39.9. The van der Waals surface area contributed by atoms with Crippen molar-refractivity contribution in [2.45, 2.75) is 95.9 Å². The van der Waals surface area contributed by atoms with Crippen molar-refractivity contribution < 1.29 is 29.0 Å². The number of nitrogens with one attached hydrogen (secondary N) is 2. The largest absolute Gasteiger partial charge is 0.444 e. The van der Waals surface area contributed by atoms with Crippen molar-refractivity contribution in [2.24, 2.45) is 0 Å². The third-order valence-electron chi connectivity index (χ3n) is 5.52. The summed E-state index contributed by atoms with van der Waals surface area (Å²) in [6.45, 7) is 6.11. The van der Waals surface area contributed by atoms with Crippen LogP contribution in [-0.4, -0.2) is 78.0 Å². The fourth-order valence-corrected chi connectivity index (χ4v) is 3.96. The lowest BCUT2D eigenvalue weighted by Crippen LogP contribution is -2.56. The van der Waals surface area contributed by atoms with E-state index in [1.54, 1.807) is 20.8 Å². The average Bonchev–Trinajstić information content (AvgIpc) is 3.18. The van der Waals surface area contributed by atoms with Crippen LogP contribution in [0.15, 0.2) is 0 Å². The van der Waals surface area contributed by atoms with Crippen LogP contribution in [0.4, 0.5) is 4.79 Å². The third-order valence-corrected chi connectivity index (χ3v) is 5.52. The highest BCUT2D eigenvalue weighted by Crippen LogP contribution is 2.20. The second-order valence-corrected chi connectivity index (χ2v) is 9.41. The fraction of sp³-hybridized carbons (Fsp3) is 0.864. The van der Waals surface area contributed by atoms with Gasteiger partial charge in [0.05, 0.1) is 19.3 Å². The Balaban J connectivity index is 2.14. The highest BCUT2D eigenvalue weighted by Gasteiger charge is 2.38. The van der Waals surface area contributed by atoms with E-state index < -0.39 is 23.8 Å². The molecule has 2 fully saturated rings. The number of fused-ring (bicyclic) bond motifs is 1. The van der Waals surface area contributed by atoms with Crippen LogP contribution in [0.3, 0.4) is 0 Å². The molecule has 0 aromatic rings. The first-order valence-electron chi connectivity index (χ1n) is 11.5. The normalized spacial score (nSPS) is 27.4. The van der Waals surface area contributed by atoms with Gasteiger partial charge in [0.2, 0.25) is 11.8 Å². The number of ether oxygens (including phenoxy) is 2. The van der Waals surface area contributed by atoms with Crippen LogP contribution in [-0.2, 0) is 19.1 Å². The molecule has 9 nitrogen and oxygen atoms in total. The molecule has 2 aliphatic heterocycles. The van der Waals surface area contributed by atoms with Gasteiger partial charge in [0.15, 0.2) is 0 Å². The maximum absolute atomic E-state index is 13.3. The molecule has 0 saturated carbocycles. The fourth-order valence-electron chi connectivity index (χ4n) is 3.96. The second kappa shape index (κ2) is 12.2. The Hall–Kier alpha value is -1.87. The number of aliphatic hydroxyl groups excluding tert-OH is 1. The number of alkyl carbamates (subject to hydrolysis) is 1. The Morgan fingerprint density at radius 2 is 1.87 bits per heavy atom. The van der Waals surface area contributed by atoms with Crippen LogP contribution in [0.25, 0.3) is 0 Å². The zero-order valence-electron chi connectivity index (χ0n) is 19.2. The Bertz CT molecular complexity index is 607. The van der Waals surface area contributed by atoms with Gasteiger partial charge in [0.25, 0.3) is 0 Å². The summed E-state index contributed by atoms with van der Waals surface area (Å²) in [6.07, 6.45) is 6.16. The molecule has 0 spiro atoms. The van der Waals surface area contributed by atoms with Crippen LogP contribution in [0.2, 0.25) is 0 Å². The quantitative estimate of drug-likeness (QED) is 0.601. The number of amides is 3. The minimum absolute atomic E-state index is 0.0299. The number of nitrogens with zero attached hydrogens (tertiary/aromatic N) is 1. The SMILES string of the molecule is CC(C)(C)OC(=O)N[C@H]1COCCCCCCC[C@@H](CO)NC(=O)[C@@H]2CCCN2C1=O. The van der Waals surface area contributed by atoms with E-state index in [-0.39, 0.29) is 31.1 Å². The van der Waals surface area contributed by atoms with Gasteiger partial charge in [-0.15, -0.1) is 0 Å². The minimum atomic E-state index is -0.926. The van der Waals surface area contributed by atoms with E-state index in [1.165, 1.54) is 4.90 Å². The van der Waals surface area contributed by atoms with Gasteiger partial charge in [-0.2, -0.15) is 0 Å². The maximum atomic E-state index is 13.3. The molecule has 178 valence electrons. The van der Waals surface area contributed by atoms with Crippen LogP contribution >= 0.6 is 0 Å². The lowest BCUT2D eigenvalue weighted by Gasteiger charge is -2.30. The molecule has 0 unspecified atom stereocenters. The Labute approximate surface area is 185 Å². The number of carbonyl (C=O) groups excluding carboxylic acids is 3. The van der Waals surface area contributed by atoms with E-state index in [4.69, 9.17) is 9.47 Å². The monoisotopic (exact) mass is 441 g/mol. The minimum Gasteiger partial charge on any atom is -0.444 e. The molecule has 0 aliphatic carbocycles. The number of aliphatic hydroxyl groups is 1. The zero-order valence-corrected chi connectivity index (χ0v) is 19.2. The first kappa shape index (κ1) is 25.4. The number of hydrogen-bond donors (Lipinski definition) is 3. The molecule has 0 aromatic carbocycles. The van der Waals surface area contributed by atoms with Crippen molar-refractivity contribution in [3.63, 3.8) is 0 Å². The number of carbonyl (C=O) groups is 3. The van der Waals surface area contributed by atoms with E-state index in [0.717, 1.165) is 32.1 Å². The van der Waals surface area contributed by atoms with Crippen LogP contribution in [0, 0.1) is 0 Å². The maximum Gasteiger partial charge on any atom is 0.408 e. The number of rotatable bonds is 2. The Kier molecular flexibility index (Phi) is 10.0. The predicted octanol–water partition coefficient (Wildman–Crippen LogP) is 1.72. The Morgan fingerprint density at radius 3 is 2.58 bits per heavy atom. The molecule has 0 aromatic heterocycles. The lowest BCUT2D eigenvalue weighted by atomic mass is 10.1. The summed E-state index contributed by atoms with van der Waals surface area (Å²) in [5.41, 5.74) is -0.693. The molecule has 2 saturated heterocycles. The zero-order chi connectivity index (χ0) is 22.9. The third kappa shape index (κ3) is 8.65. The summed E-state index contributed by atoms with van der Waals surface area (Å²) in [5, 5.41) is 15.2. The van der Waals surface area contributed by atoms with Crippen LogP contribution in [0.1, 0.15) is 72.1 Å². The summed E-state index contributed by atoms with van der Waals surface area (Å²) >= 11 is 0. The van der Waals surface area contributed by atoms with E-state index in [9.17, 15) is 19.5 Å². The van der Waals surface area contributed by atoms with E-state index in [1.807, 2.05) is 0 Å². The first-order valence-corrected chi connectivity index (χ1v) is 11.5. The predicted molar refractivity (Wildman–Crippen MR) is 115 cm³/mol. The van der Waals surface area contributed by atoms with Crippen molar-refractivity contribution >= 4 is 17.9 Å². The van der Waals surface area contributed by atoms with Gasteiger partial charge < -0.3 is 30.1 Å². The van der Waals surface area contributed by atoms with Gasteiger partial charge in [-0.3, -0.25) is 9.59 Å². The smallest absolute Gasteiger partial charge is 0.408 e. The molecular weight excluding hydrogens is 402 g/mol. The molecule has 0 bridgehead atoms. The second-order valence-electron chi connectivity index (χ2n) is 9.41. The highest BCUT2D eigenvalue weighted by atomic mass is 16.6. The molecule has 3 amide bonds. The molecule has 0 radical (unpaired) electrons. The van der Waals surface area contributed by atoms with Gasteiger partial charge in [-0.1, -0.05) is 25.7 Å². The van der Waals surface area contributed by atoms with Crippen molar-refractivity contribution in [2.75, 3.05) is 26.4 Å². The van der Waals surface area contributed by atoms with E-state index in [2.05, 4.69) is 10.6 Å². The van der Waals surface area contributed by atoms with Crippen molar-refractivity contribution in [3.8, 4) is 0 Å². The molecule has 9 heteroatoms. The molecule has 31 heavy (non-hydrogen) atoms. The van der Waals surface area contributed by atoms with Gasteiger partial charge in [-0.25, -0.2) is 4.79 Å². The van der Waals surface area contributed by atoms with Gasteiger partial charge in [0.1, 0.15) is 17.7 Å². The van der Waals surface area contributed by atoms with Crippen LogP contribution < -0.4 is 10.6 Å². The molecule has 3 N–H and O–H groups in total. The molecular formula is C22H39N3O6. The highest BCUT2D eigenvalue weighted by molar-refractivity contribution is 5.92.